The first-order valence-electron chi connectivity index (χ1n) is 7.05. The summed E-state index contributed by atoms with van der Waals surface area (Å²) in [6, 6.07) is 12.2. The number of hydrogen-bond acceptors (Lipinski definition) is 2. The number of benzene rings is 2. The van der Waals surface area contributed by atoms with E-state index >= 15 is 0 Å². The molecule has 0 aliphatic rings. The molecular formula is C17H16Cl2N2O2. The molecular weight excluding hydrogens is 335 g/mol. The lowest BCUT2D eigenvalue weighted by Crippen LogP contribution is -2.12. The van der Waals surface area contributed by atoms with E-state index in [0.29, 0.717) is 34.3 Å². The van der Waals surface area contributed by atoms with Crippen molar-refractivity contribution < 1.29 is 9.59 Å². The summed E-state index contributed by atoms with van der Waals surface area (Å²) in [4.78, 5) is 22.9. The van der Waals surface area contributed by atoms with Gasteiger partial charge in [0.25, 0.3) is 0 Å². The summed E-state index contributed by atoms with van der Waals surface area (Å²) in [5.74, 6) is -0.245. The molecule has 6 heteroatoms. The van der Waals surface area contributed by atoms with Crippen LogP contribution in [-0.4, -0.2) is 11.8 Å². The Morgan fingerprint density at radius 2 is 1.57 bits per heavy atom. The fraction of sp³-hybridized carbons (Fsp3) is 0.176. The molecule has 0 aromatic heterocycles. The Morgan fingerprint density at radius 3 is 2.13 bits per heavy atom. The first-order chi connectivity index (χ1) is 10.9. The first-order valence-corrected chi connectivity index (χ1v) is 7.81. The molecule has 23 heavy (non-hydrogen) atoms. The Labute approximate surface area is 144 Å². The molecule has 0 unspecified atom stereocenters. The number of anilines is 2. The van der Waals surface area contributed by atoms with Crippen LogP contribution in [0.3, 0.4) is 0 Å². The topological polar surface area (TPSA) is 58.2 Å². The third-order valence-electron chi connectivity index (χ3n) is 3.13. The number of nitrogens with one attached hydrogen (secondary N) is 2. The molecule has 0 atom stereocenters. The lowest BCUT2D eigenvalue weighted by Gasteiger charge is -2.08. The van der Waals surface area contributed by atoms with Crippen molar-refractivity contribution in [3.8, 4) is 0 Å². The Hall–Kier alpha value is -2.04. The van der Waals surface area contributed by atoms with Crippen LogP contribution in [0.2, 0.25) is 10.0 Å². The summed E-state index contributed by atoms with van der Waals surface area (Å²) >= 11 is 11.9. The van der Waals surface area contributed by atoms with E-state index in [1.807, 2.05) is 6.07 Å². The van der Waals surface area contributed by atoms with Gasteiger partial charge in [0, 0.05) is 34.8 Å². The summed E-state index contributed by atoms with van der Waals surface area (Å²) in [5.41, 5.74) is 2.24. The van der Waals surface area contributed by atoms with Gasteiger partial charge in [-0.1, -0.05) is 29.3 Å². The van der Waals surface area contributed by atoms with E-state index in [0.717, 1.165) is 5.56 Å². The second-order valence-corrected chi connectivity index (χ2v) is 5.89. The molecule has 0 fully saturated rings. The number of aryl methyl sites for hydroxylation is 1. The maximum atomic E-state index is 12.0. The van der Waals surface area contributed by atoms with Crippen molar-refractivity contribution in [2.24, 2.45) is 0 Å². The Balaban J connectivity index is 1.88. The Bertz CT molecular complexity index is 715. The van der Waals surface area contributed by atoms with Gasteiger partial charge in [-0.2, -0.15) is 0 Å². The highest BCUT2D eigenvalue weighted by molar-refractivity contribution is 6.35. The van der Waals surface area contributed by atoms with Gasteiger partial charge in [-0.25, -0.2) is 0 Å². The van der Waals surface area contributed by atoms with Gasteiger partial charge in [0.1, 0.15) is 0 Å². The van der Waals surface area contributed by atoms with Crippen molar-refractivity contribution in [3.05, 3.63) is 58.1 Å². The highest BCUT2D eigenvalue weighted by atomic mass is 35.5. The SMILES string of the molecule is CC(=O)Nc1ccc(NC(=O)CCc2ccc(Cl)cc2Cl)cc1. The van der Waals surface area contributed by atoms with Crippen molar-refractivity contribution in [3.63, 3.8) is 0 Å². The normalized spacial score (nSPS) is 10.2. The predicted molar refractivity (Wildman–Crippen MR) is 94.2 cm³/mol. The average molecular weight is 351 g/mol. The molecule has 2 amide bonds. The van der Waals surface area contributed by atoms with E-state index in [9.17, 15) is 9.59 Å². The number of halogens is 2. The van der Waals surface area contributed by atoms with Crippen LogP contribution in [0.1, 0.15) is 18.9 Å². The first kappa shape index (κ1) is 17.3. The molecule has 0 radical (unpaired) electrons. The highest BCUT2D eigenvalue weighted by Gasteiger charge is 2.06. The second-order valence-electron chi connectivity index (χ2n) is 5.04. The molecule has 0 heterocycles. The third kappa shape index (κ3) is 5.58. The van der Waals surface area contributed by atoms with E-state index in [1.54, 1.807) is 36.4 Å². The van der Waals surface area contributed by atoms with Crippen molar-refractivity contribution in [1.29, 1.82) is 0 Å². The summed E-state index contributed by atoms with van der Waals surface area (Å²) < 4.78 is 0. The minimum Gasteiger partial charge on any atom is -0.326 e. The number of amides is 2. The van der Waals surface area contributed by atoms with Crippen molar-refractivity contribution >= 4 is 46.4 Å². The summed E-state index contributed by atoms with van der Waals surface area (Å²) in [7, 11) is 0. The van der Waals surface area contributed by atoms with Crippen LogP contribution in [0.5, 0.6) is 0 Å². The number of carbonyl (C=O) groups is 2. The van der Waals surface area contributed by atoms with Crippen LogP contribution in [0.15, 0.2) is 42.5 Å². The largest absolute Gasteiger partial charge is 0.326 e. The maximum Gasteiger partial charge on any atom is 0.224 e. The molecule has 2 aromatic rings. The standard InChI is InChI=1S/C17H16Cl2N2O2/c1-11(22)20-14-5-7-15(8-6-14)21-17(23)9-3-12-2-4-13(18)10-16(12)19/h2,4-8,10H,3,9H2,1H3,(H,20,22)(H,21,23). The van der Waals surface area contributed by atoms with Gasteiger partial charge < -0.3 is 10.6 Å². The molecule has 0 saturated heterocycles. The van der Waals surface area contributed by atoms with Gasteiger partial charge in [-0.3, -0.25) is 9.59 Å². The summed E-state index contributed by atoms with van der Waals surface area (Å²) in [6.07, 6.45) is 0.848. The van der Waals surface area contributed by atoms with Gasteiger partial charge in [0.05, 0.1) is 0 Å². The molecule has 120 valence electrons. The molecule has 0 aliphatic heterocycles. The minimum absolute atomic E-state index is 0.108. The highest BCUT2D eigenvalue weighted by Crippen LogP contribution is 2.22. The van der Waals surface area contributed by atoms with Crippen molar-refractivity contribution in [2.45, 2.75) is 19.8 Å². The minimum atomic E-state index is -0.137. The second kappa shape index (κ2) is 7.99. The number of rotatable bonds is 5. The van der Waals surface area contributed by atoms with E-state index in [4.69, 9.17) is 23.2 Å². The summed E-state index contributed by atoms with van der Waals surface area (Å²) in [5, 5.41) is 6.60. The van der Waals surface area contributed by atoms with E-state index in [2.05, 4.69) is 10.6 Å². The van der Waals surface area contributed by atoms with Crippen LogP contribution < -0.4 is 10.6 Å². The third-order valence-corrected chi connectivity index (χ3v) is 3.71. The smallest absolute Gasteiger partial charge is 0.224 e. The van der Waals surface area contributed by atoms with Gasteiger partial charge in [0.15, 0.2) is 0 Å². The fourth-order valence-corrected chi connectivity index (χ4v) is 2.54. The van der Waals surface area contributed by atoms with Crippen molar-refractivity contribution in [1.82, 2.24) is 0 Å². The van der Waals surface area contributed by atoms with E-state index in [-0.39, 0.29) is 11.8 Å². The molecule has 2 N–H and O–H groups in total. The summed E-state index contributed by atoms with van der Waals surface area (Å²) in [6.45, 7) is 1.44. The molecule has 0 bridgehead atoms. The number of hydrogen-bond donors (Lipinski definition) is 2. The van der Waals surface area contributed by atoms with Crippen molar-refractivity contribution in [2.75, 3.05) is 10.6 Å². The fourth-order valence-electron chi connectivity index (χ4n) is 2.04. The molecule has 2 aromatic carbocycles. The lowest BCUT2D eigenvalue weighted by molar-refractivity contribution is -0.116. The lowest BCUT2D eigenvalue weighted by atomic mass is 10.1. The van der Waals surface area contributed by atoms with Gasteiger partial charge in [-0.05, 0) is 48.4 Å². The molecule has 0 spiro atoms. The average Bonchev–Trinajstić information content (AvgIpc) is 2.48. The predicted octanol–water partition coefficient (Wildman–Crippen LogP) is 4.52. The van der Waals surface area contributed by atoms with Crippen LogP contribution in [0.25, 0.3) is 0 Å². The molecule has 2 rings (SSSR count). The van der Waals surface area contributed by atoms with E-state index < -0.39 is 0 Å². The van der Waals surface area contributed by atoms with Crippen LogP contribution in [0, 0.1) is 0 Å². The zero-order valence-electron chi connectivity index (χ0n) is 12.5. The Morgan fingerprint density at radius 1 is 0.957 bits per heavy atom. The zero-order valence-corrected chi connectivity index (χ0v) is 14.0. The number of carbonyl (C=O) groups excluding carboxylic acids is 2. The maximum absolute atomic E-state index is 12.0. The molecule has 0 aliphatic carbocycles. The van der Waals surface area contributed by atoms with Crippen LogP contribution in [0.4, 0.5) is 11.4 Å². The van der Waals surface area contributed by atoms with Gasteiger partial charge >= 0.3 is 0 Å². The van der Waals surface area contributed by atoms with Crippen LogP contribution in [-0.2, 0) is 16.0 Å². The van der Waals surface area contributed by atoms with Crippen LogP contribution >= 0.6 is 23.2 Å². The zero-order chi connectivity index (χ0) is 16.8. The van der Waals surface area contributed by atoms with Gasteiger partial charge in [0.2, 0.25) is 11.8 Å². The van der Waals surface area contributed by atoms with E-state index in [1.165, 1.54) is 6.92 Å². The van der Waals surface area contributed by atoms with Gasteiger partial charge in [-0.15, -0.1) is 0 Å². The molecule has 4 nitrogen and oxygen atoms in total. The molecule has 0 saturated carbocycles. The Kier molecular flexibility index (Phi) is 6.02. The quantitative estimate of drug-likeness (QED) is 0.832. The monoisotopic (exact) mass is 350 g/mol.